The average Bonchev–Trinajstić information content (AvgIpc) is 3.03. The lowest BCUT2D eigenvalue weighted by Crippen LogP contribution is -2.12. The Balaban J connectivity index is 0.000000173. The Morgan fingerprint density at radius 3 is 2.32 bits per heavy atom. The normalized spacial score (nSPS) is 15.2. The second-order valence-corrected chi connectivity index (χ2v) is 6.26. The maximum Gasteiger partial charge on any atom is 0.132 e. The van der Waals surface area contributed by atoms with E-state index in [4.69, 9.17) is 10.2 Å². The quantitative estimate of drug-likeness (QED) is 0.429. The first-order chi connectivity index (χ1) is 12.0. The molecule has 0 radical (unpaired) electrons. The van der Waals surface area contributed by atoms with Crippen molar-refractivity contribution in [1.82, 2.24) is 5.32 Å². The summed E-state index contributed by atoms with van der Waals surface area (Å²) in [5.41, 5.74) is 3.77. The van der Waals surface area contributed by atoms with Gasteiger partial charge >= 0.3 is 0 Å². The molecule has 4 rings (SSSR count). The molecule has 0 aromatic heterocycles. The molecular weight excluding hydrogens is 334 g/mol. The first-order valence-electron chi connectivity index (χ1n) is 7.85. The van der Waals surface area contributed by atoms with Gasteiger partial charge in [0.15, 0.2) is 0 Å². The lowest BCUT2D eigenvalue weighted by atomic mass is 9.98. The van der Waals surface area contributed by atoms with Gasteiger partial charge in [0.05, 0.1) is 6.04 Å². The summed E-state index contributed by atoms with van der Waals surface area (Å²) >= 11 is 3.88. The maximum atomic E-state index is 9.49. The Hall–Kier alpha value is -2.63. The maximum absolute atomic E-state index is 9.49. The summed E-state index contributed by atoms with van der Waals surface area (Å²) in [4.78, 5) is 0.466. The van der Waals surface area contributed by atoms with Crippen molar-refractivity contribution in [1.29, 1.82) is 0 Å². The van der Waals surface area contributed by atoms with E-state index in [1.54, 1.807) is 6.07 Å². The monoisotopic (exact) mass is 353 g/mol. The lowest BCUT2D eigenvalue weighted by molar-refractivity contribution is 0.442. The molecule has 0 saturated heterocycles. The highest BCUT2D eigenvalue weighted by Gasteiger charge is 2.22. The van der Waals surface area contributed by atoms with Gasteiger partial charge < -0.3 is 20.6 Å². The van der Waals surface area contributed by atoms with Gasteiger partial charge in [-0.15, -0.1) is 12.6 Å². The minimum absolute atomic E-state index is 0.00154. The van der Waals surface area contributed by atoms with Crippen molar-refractivity contribution in [3.05, 3.63) is 83.4 Å². The molecule has 1 unspecified atom stereocenters. The molecule has 4 nitrogen and oxygen atoms in total. The summed E-state index contributed by atoms with van der Waals surface area (Å²) in [5, 5.41) is 30.6. The van der Waals surface area contributed by atoms with Crippen LogP contribution in [0.4, 0.5) is 0 Å². The van der Waals surface area contributed by atoms with E-state index < -0.39 is 0 Å². The SMILES string of the molecule is Oc1ccc(S)c(O)c1.Oc1cccc(C2NCc3ccccc32)c1. The van der Waals surface area contributed by atoms with Crippen LogP contribution in [0, 0.1) is 0 Å². The van der Waals surface area contributed by atoms with Gasteiger partial charge in [0, 0.05) is 17.5 Å². The second-order valence-electron chi connectivity index (χ2n) is 5.78. The molecule has 0 amide bonds. The van der Waals surface area contributed by atoms with Crippen molar-refractivity contribution < 1.29 is 15.3 Å². The van der Waals surface area contributed by atoms with Crippen molar-refractivity contribution in [2.24, 2.45) is 0 Å². The third kappa shape index (κ3) is 4.07. The fraction of sp³-hybridized carbons (Fsp3) is 0.100. The van der Waals surface area contributed by atoms with Crippen LogP contribution >= 0.6 is 12.6 Å². The summed E-state index contributed by atoms with van der Waals surface area (Å²) in [5.74, 6) is 0.368. The van der Waals surface area contributed by atoms with Gasteiger partial charge in [-0.2, -0.15) is 0 Å². The van der Waals surface area contributed by atoms with E-state index in [0.717, 1.165) is 12.1 Å². The smallest absolute Gasteiger partial charge is 0.132 e. The molecule has 0 saturated carbocycles. The number of phenolic OH excluding ortho intramolecular Hbond substituents is 3. The van der Waals surface area contributed by atoms with Gasteiger partial charge in [-0.3, -0.25) is 0 Å². The van der Waals surface area contributed by atoms with Gasteiger partial charge in [-0.05, 0) is 41.0 Å². The van der Waals surface area contributed by atoms with Crippen LogP contribution in [0.2, 0.25) is 0 Å². The van der Waals surface area contributed by atoms with Crippen molar-refractivity contribution >= 4 is 12.6 Å². The molecule has 0 fully saturated rings. The van der Waals surface area contributed by atoms with Crippen LogP contribution in [0.5, 0.6) is 17.2 Å². The molecule has 1 aliphatic heterocycles. The minimum atomic E-state index is -0.00154. The molecule has 4 N–H and O–H groups in total. The van der Waals surface area contributed by atoms with Crippen LogP contribution in [-0.2, 0) is 6.54 Å². The van der Waals surface area contributed by atoms with Gasteiger partial charge in [0.2, 0.25) is 0 Å². The average molecular weight is 353 g/mol. The number of fused-ring (bicyclic) bond motifs is 1. The van der Waals surface area contributed by atoms with E-state index >= 15 is 0 Å². The molecular formula is C20H19NO3S. The Labute approximate surface area is 151 Å². The van der Waals surface area contributed by atoms with E-state index in [-0.39, 0.29) is 17.5 Å². The summed E-state index contributed by atoms with van der Waals surface area (Å²) in [6.45, 7) is 0.899. The van der Waals surface area contributed by atoms with Crippen LogP contribution < -0.4 is 5.32 Å². The molecule has 128 valence electrons. The zero-order valence-corrected chi connectivity index (χ0v) is 14.3. The topological polar surface area (TPSA) is 72.7 Å². The van der Waals surface area contributed by atoms with Crippen LogP contribution in [0.1, 0.15) is 22.7 Å². The highest BCUT2D eigenvalue weighted by Crippen LogP contribution is 2.31. The predicted molar refractivity (Wildman–Crippen MR) is 100 cm³/mol. The molecule has 0 aliphatic carbocycles. The predicted octanol–water partition coefficient (Wildman–Crippen LogP) is 3.97. The van der Waals surface area contributed by atoms with Crippen LogP contribution in [0.25, 0.3) is 0 Å². The molecule has 1 aliphatic rings. The zero-order valence-electron chi connectivity index (χ0n) is 13.4. The number of hydrogen-bond acceptors (Lipinski definition) is 5. The number of hydrogen-bond donors (Lipinski definition) is 5. The molecule has 0 spiro atoms. The van der Waals surface area contributed by atoms with E-state index in [0.29, 0.717) is 10.6 Å². The first kappa shape index (κ1) is 17.2. The number of phenols is 3. The molecule has 3 aromatic rings. The lowest BCUT2D eigenvalue weighted by Gasteiger charge is -2.12. The number of benzene rings is 3. The van der Waals surface area contributed by atoms with Crippen LogP contribution in [0.3, 0.4) is 0 Å². The van der Waals surface area contributed by atoms with E-state index in [2.05, 4.69) is 42.2 Å². The van der Waals surface area contributed by atoms with Crippen LogP contribution in [-0.4, -0.2) is 15.3 Å². The summed E-state index contributed by atoms with van der Waals surface area (Å²) in [7, 11) is 0. The zero-order chi connectivity index (χ0) is 17.8. The fourth-order valence-electron chi connectivity index (χ4n) is 2.81. The van der Waals surface area contributed by atoms with Gasteiger partial charge in [-0.1, -0.05) is 36.4 Å². The molecule has 1 heterocycles. The van der Waals surface area contributed by atoms with Crippen LogP contribution in [0.15, 0.2) is 71.6 Å². The standard InChI is InChI=1S/C14H13NO.C6H6O2S/c16-12-6-3-5-10(8-12)14-13-7-2-1-4-11(13)9-15-14;7-4-1-2-6(9)5(8)3-4/h1-8,14-16H,9H2;1-3,7-9H. The molecule has 0 bridgehead atoms. The van der Waals surface area contributed by atoms with E-state index in [1.807, 2.05) is 18.2 Å². The summed E-state index contributed by atoms with van der Waals surface area (Å²) in [6, 6.07) is 20.3. The fourth-order valence-corrected chi connectivity index (χ4v) is 2.95. The highest BCUT2D eigenvalue weighted by atomic mass is 32.1. The molecule has 25 heavy (non-hydrogen) atoms. The van der Waals surface area contributed by atoms with Crippen molar-refractivity contribution in [3.8, 4) is 17.2 Å². The largest absolute Gasteiger partial charge is 0.508 e. The Morgan fingerprint density at radius 1 is 0.840 bits per heavy atom. The van der Waals surface area contributed by atoms with Gasteiger partial charge in [0.25, 0.3) is 0 Å². The van der Waals surface area contributed by atoms with E-state index in [1.165, 1.54) is 29.3 Å². The number of aromatic hydroxyl groups is 3. The number of nitrogens with one attached hydrogen (secondary N) is 1. The Bertz CT molecular complexity index is 882. The van der Waals surface area contributed by atoms with E-state index in [9.17, 15) is 5.11 Å². The first-order valence-corrected chi connectivity index (χ1v) is 8.30. The highest BCUT2D eigenvalue weighted by molar-refractivity contribution is 7.80. The Kier molecular flexibility index (Phi) is 5.16. The molecule has 5 heteroatoms. The Morgan fingerprint density at radius 2 is 1.60 bits per heavy atom. The van der Waals surface area contributed by atoms with Crippen molar-refractivity contribution in [3.63, 3.8) is 0 Å². The molecule has 3 aromatic carbocycles. The third-order valence-electron chi connectivity index (χ3n) is 4.03. The third-order valence-corrected chi connectivity index (χ3v) is 4.40. The number of thiol groups is 1. The summed E-state index contributed by atoms with van der Waals surface area (Å²) in [6.07, 6.45) is 0. The van der Waals surface area contributed by atoms with Gasteiger partial charge in [0.1, 0.15) is 17.2 Å². The second kappa shape index (κ2) is 7.51. The van der Waals surface area contributed by atoms with Gasteiger partial charge in [-0.25, -0.2) is 0 Å². The molecule has 1 atom stereocenters. The minimum Gasteiger partial charge on any atom is -0.508 e. The van der Waals surface area contributed by atoms with Crippen molar-refractivity contribution in [2.45, 2.75) is 17.5 Å². The van der Waals surface area contributed by atoms with Crippen molar-refractivity contribution in [2.75, 3.05) is 0 Å². The number of rotatable bonds is 1. The summed E-state index contributed by atoms with van der Waals surface area (Å²) < 4.78 is 0.